The molecule has 0 bridgehead atoms. The summed E-state index contributed by atoms with van der Waals surface area (Å²) >= 11 is 0. The lowest BCUT2D eigenvalue weighted by Gasteiger charge is -2.35. The lowest BCUT2D eigenvalue weighted by atomic mass is 10.3. The van der Waals surface area contributed by atoms with E-state index in [1.807, 2.05) is 20.0 Å². The molecule has 7 nitrogen and oxygen atoms in total. The van der Waals surface area contributed by atoms with E-state index in [4.69, 9.17) is 9.84 Å². The van der Waals surface area contributed by atoms with Crippen molar-refractivity contribution in [2.45, 2.75) is 13.5 Å². The van der Waals surface area contributed by atoms with Gasteiger partial charge in [-0.15, -0.1) is 0 Å². The van der Waals surface area contributed by atoms with Crippen LogP contribution in [0.2, 0.25) is 0 Å². The quantitative estimate of drug-likeness (QED) is 0.743. The molecule has 2 heterocycles. The van der Waals surface area contributed by atoms with E-state index < -0.39 is 0 Å². The van der Waals surface area contributed by atoms with Crippen molar-refractivity contribution < 1.29 is 9.84 Å². The van der Waals surface area contributed by atoms with Gasteiger partial charge in [0.15, 0.2) is 5.82 Å². The molecule has 0 spiro atoms. The van der Waals surface area contributed by atoms with Crippen LogP contribution in [-0.2, 0) is 11.3 Å². The predicted octanol–water partition coefficient (Wildman–Crippen LogP) is 0.169. The summed E-state index contributed by atoms with van der Waals surface area (Å²) in [5, 5.41) is 12.1. The van der Waals surface area contributed by atoms with Crippen LogP contribution in [0, 0.1) is 0 Å². The molecule has 0 unspecified atom stereocenters. The normalized spacial score (nSPS) is 16.2. The van der Waals surface area contributed by atoms with E-state index in [2.05, 4.69) is 25.1 Å². The summed E-state index contributed by atoms with van der Waals surface area (Å²) in [6.45, 7) is 7.73. The fourth-order valence-corrected chi connectivity index (χ4v) is 2.37. The molecule has 1 saturated heterocycles. The number of aliphatic hydroxyl groups excluding tert-OH is 1. The van der Waals surface area contributed by atoms with Crippen LogP contribution in [0.4, 0.5) is 11.6 Å². The van der Waals surface area contributed by atoms with Gasteiger partial charge in [-0.2, -0.15) is 0 Å². The van der Waals surface area contributed by atoms with Crippen LogP contribution in [0.15, 0.2) is 6.07 Å². The minimum Gasteiger partial charge on any atom is -0.395 e. The van der Waals surface area contributed by atoms with Crippen molar-refractivity contribution in [2.75, 3.05) is 63.2 Å². The third kappa shape index (κ3) is 4.52. The number of aliphatic hydroxyl groups is 1. The van der Waals surface area contributed by atoms with Gasteiger partial charge in [-0.05, 0) is 6.92 Å². The third-order valence-corrected chi connectivity index (χ3v) is 3.56. The minimum absolute atomic E-state index is 0.218. The highest BCUT2D eigenvalue weighted by molar-refractivity contribution is 5.49. The lowest BCUT2D eigenvalue weighted by molar-refractivity contribution is 0.128. The van der Waals surface area contributed by atoms with Gasteiger partial charge >= 0.3 is 0 Å². The number of piperazine rings is 1. The molecule has 2 N–H and O–H groups in total. The molecule has 1 fully saturated rings. The number of anilines is 2. The average Bonchev–Trinajstić information content (AvgIpc) is 2.53. The number of hydrogen-bond donors (Lipinski definition) is 2. The molecule has 0 atom stereocenters. The molecule has 1 aliphatic rings. The standard InChI is InChI=1S/C14H25N5O2/c1-3-21-11-13-16-12(15-2)10-14(17-13)19-6-4-18(5-7-19)8-9-20/h10,20H,3-9,11H2,1-2H3,(H,15,16,17). The third-order valence-electron chi connectivity index (χ3n) is 3.56. The van der Waals surface area contributed by atoms with Crippen molar-refractivity contribution >= 4 is 11.6 Å². The van der Waals surface area contributed by atoms with Gasteiger partial charge in [0.1, 0.15) is 18.2 Å². The molecule has 0 saturated carbocycles. The zero-order valence-corrected chi connectivity index (χ0v) is 12.9. The Morgan fingerprint density at radius 2 is 2.05 bits per heavy atom. The maximum Gasteiger partial charge on any atom is 0.158 e. The van der Waals surface area contributed by atoms with E-state index in [0.29, 0.717) is 19.0 Å². The average molecular weight is 295 g/mol. The Morgan fingerprint density at radius 1 is 1.29 bits per heavy atom. The summed E-state index contributed by atoms with van der Waals surface area (Å²) < 4.78 is 5.40. The second-order valence-electron chi connectivity index (χ2n) is 4.97. The van der Waals surface area contributed by atoms with Crippen molar-refractivity contribution in [3.8, 4) is 0 Å². The summed E-state index contributed by atoms with van der Waals surface area (Å²) in [5.41, 5.74) is 0. The molecule has 1 aromatic heterocycles. The summed E-state index contributed by atoms with van der Waals surface area (Å²) in [4.78, 5) is 13.5. The van der Waals surface area contributed by atoms with Gasteiger partial charge in [0, 0.05) is 52.4 Å². The molecule has 1 aromatic rings. The molecule has 0 radical (unpaired) electrons. The Balaban J connectivity index is 2.04. The van der Waals surface area contributed by atoms with Gasteiger partial charge in [-0.25, -0.2) is 9.97 Å². The van der Waals surface area contributed by atoms with Crippen molar-refractivity contribution in [1.82, 2.24) is 14.9 Å². The van der Waals surface area contributed by atoms with E-state index in [1.54, 1.807) is 0 Å². The van der Waals surface area contributed by atoms with E-state index >= 15 is 0 Å². The summed E-state index contributed by atoms with van der Waals surface area (Å²) in [7, 11) is 1.86. The first-order chi connectivity index (χ1) is 10.3. The highest BCUT2D eigenvalue weighted by atomic mass is 16.5. The van der Waals surface area contributed by atoms with Gasteiger partial charge in [0.2, 0.25) is 0 Å². The second-order valence-corrected chi connectivity index (χ2v) is 4.97. The van der Waals surface area contributed by atoms with E-state index in [1.165, 1.54) is 0 Å². The highest BCUT2D eigenvalue weighted by Crippen LogP contribution is 2.18. The van der Waals surface area contributed by atoms with Gasteiger partial charge in [-0.1, -0.05) is 0 Å². The Kier molecular flexibility index (Phi) is 6.16. The second kappa shape index (κ2) is 8.11. The zero-order valence-electron chi connectivity index (χ0n) is 12.9. The van der Waals surface area contributed by atoms with Crippen molar-refractivity contribution in [3.05, 3.63) is 11.9 Å². The molecule has 0 aromatic carbocycles. The summed E-state index contributed by atoms with van der Waals surface area (Å²) in [5.74, 6) is 2.46. The molecule has 0 amide bonds. The molecule has 118 valence electrons. The van der Waals surface area contributed by atoms with Crippen LogP contribution >= 0.6 is 0 Å². The first kappa shape index (κ1) is 15.9. The molecular formula is C14H25N5O2. The maximum atomic E-state index is 8.99. The van der Waals surface area contributed by atoms with Gasteiger partial charge in [0.25, 0.3) is 0 Å². The monoisotopic (exact) mass is 295 g/mol. The smallest absolute Gasteiger partial charge is 0.158 e. The van der Waals surface area contributed by atoms with E-state index in [0.717, 1.165) is 44.4 Å². The number of β-amino-alcohol motifs (C(OH)–C–C–N with tert-alkyl or cyclic N) is 1. The molecule has 0 aliphatic carbocycles. The molecule has 1 aliphatic heterocycles. The molecular weight excluding hydrogens is 270 g/mol. The summed E-state index contributed by atoms with van der Waals surface area (Å²) in [6.07, 6.45) is 0. The topological polar surface area (TPSA) is 73.8 Å². The van der Waals surface area contributed by atoms with Gasteiger partial charge < -0.3 is 20.1 Å². The van der Waals surface area contributed by atoms with E-state index in [9.17, 15) is 0 Å². The highest BCUT2D eigenvalue weighted by Gasteiger charge is 2.18. The molecule has 21 heavy (non-hydrogen) atoms. The Hall–Kier alpha value is -1.44. The number of nitrogens with one attached hydrogen (secondary N) is 1. The van der Waals surface area contributed by atoms with E-state index in [-0.39, 0.29) is 6.61 Å². The van der Waals surface area contributed by atoms with Crippen LogP contribution in [0.3, 0.4) is 0 Å². The number of aromatic nitrogens is 2. The first-order valence-electron chi connectivity index (χ1n) is 7.48. The van der Waals surface area contributed by atoms with Crippen LogP contribution in [0.1, 0.15) is 12.7 Å². The largest absolute Gasteiger partial charge is 0.395 e. The number of hydrogen-bond acceptors (Lipinski definition) is 7. The molecule has 7 heteroatoms. The van der Waals surface area contributed by atoms with Crippen molar-refractivity contribution in [2.24, 2.45) is 0 Å². The predicted molar refractivity (Wildman–Crippen MR) is 82.6 cm³/mol. The minimum atomic E-state index is 0.218. The summed E-state index contributed by atoms with van der Waals surface area (Å²) in [6, 6.07) is 1.97. The van der Waals surface area contributed by atoms with Crippen molar-refractivity contribution in [1.29, 1.82) is 0 Å². The fourth-order valence-electron chi connectivity index (χ4n) is 2.37. The lowest BCUT2D eigenvalue weighted by Crippen LogP contribution is -2.47. The van der Waals surface area contributed by atoms with Crippen LogP contribution in [-0.4, -0.2) is 73.0 Å². The Bertz CT molecular complexity index is 435. The van der Waals surface area contributed by atoms with Gasteiger partial charge in [-0.3, -0.25) is 4.90 Å². The fraction of sp³-hybridized carbons (Fsp3) is 0.714. The Labute approximate surface area is 125 Å². The molecule has 2 rings (SSSR count). The van der Waals surface area contributed by atoms with Crippen LogP contribution < -0.4 is 10.2 Å². The van der Waals surface area contributed by atoms with Crippen LogP contribution in [0.5, 0.6) is 0 Å². The van der Waals surface area contributed by atoms with Crippen LogP contribution in [0.25, 0.3) is 0 Å². The first-order valence-corrected chi connectivity index (χ1v) is 7.48. The maximum absolute atomic E-state index is 8.99. The van der Waals surface area contributed by atoms with Crippen molar-refractivity contribution in [3.63, 3.8) is 0 Å². The SMILES string of the molecule is CCOCc1nc(NC)cc(N2CCN(CCO)CC2)n1. The number of rotatable bonds is 7. The van der Waals surface area contributed by atoms with Gasteiger partial charge in [0.05, 0.1) is 6.61 Å². The zero-order chi connectivity index (χ0) is 15.1. The Morgan fingerprint density at radius 3 is 2.67 bits per heavy atom. The number of nitrogens with zero attached hydrogens (tertiary/aromatic N) is 4. The number of ether oxygens (including phenoxy) is 1.